The van der Waals surface area contributed by atoms with E-state index in [1.807, 2.05) is 37.3 Å². The number of aromatic nitrogens is 7. The normalized spacial score (nSPS) is 11.3. The molecular weight excluding hydrogens is 434 g/mol. The zero-order chi connectivity index (χ0) is 22.4. The highest BCUT2D eigenvalue weighted by molar-refractivity contribution is 7.15. The monoisotopic (exact) mass is 449 g/mol. The van der Waals surface area contributed by atoms with Crippen molar-refractivity contribution in [3.8, 4) is 33.1 Å². The molecule has 0 bridgehead atoms. The van der Waals surface area contributed by atoms with Crippen LogP contribution in [0.2, 0.25) is 0 Å². The SMILES string of the molecule is Cc1ncc(-c2nc3[nH]c(=O)c(-c4cnccn4)cc3nc2-c2ccc3ncccc3c2)s1. The summed E-state index contributed by atoms with van der Waals surface area (Å²) in [6.45, 7) is 1.94. The van der Waals surface area contributed by atoms with Crippen LogP contribution in [-0.4, -0.2) is 34.9 Å². The molecule has 0 spiro atoms. The third-order valence-corrected chi connectivity index (χ3v) is 6.17. The van der Waals surface area contributed by atoms with Crippen molar-refractivity contribution in [2.75, 3.05) is 0 Å². The molecule has 0 radical (unpaired) electrons. The van der Waals surface area contributed by atoms with E-state index in [9.17, 15) is 4.79 Å². The van der Waals surface area contributed by atoms with Crippen molar-refractivity contribution >= 4 is 33.4 Å². The minimum atomic E-state index is -0.298. The lowest BCUT2D eigenvalue weighted by atomic mass is 10.1. The summed E-state index contributed by atoms with van der Waals surface area (Å²) in [7, 11) is 0. The Morgan fingerprint density at radius 2 is 1.82 bits per heavy atom. The number of fused-ring (bicyclic) bond motifs is 2. The lowest BCUT2D eigenvalue weighted by molar-refractivity contribution is 1.16. The maximum atomic E-state index is 12.8. The molecule has 0 aliphatic rings. The number of nitrogens with one attached hydrogen (secondary N) is 1. The number of nitrogens with zero attached hydrogens (tertiary/aromatic N) is 6. The summed E-state index contributed by atoms with van der Waals surface area (Å²) in [5.41, 5.74) is 4.70. The van der Waals surface area contributed by atoms with Crippen molar-refractivity contribution in [1.29, 1.82) is 0 Å². The van der Waals surface area contributed by atoms with Crippen LogP contribution in [0, 0.1) is 6.92 Å². The summed E-state index contributed by atoms with van der Waals surface area (Å²) >= 11 is 1.53. The van der Waals surface area contributed by atoms with Gasteiger partial charge in [-0.25, -0.2) is 15.0 Å². The van der Waals surface area contributed by atoms with Gasteiger partial charge in [0.1, 0.15) is 11.2 Å². The lowest BCUT2D eigenvalue weighted by Gasteiger charge is -2.10. The van der Waals surface area contributed by atoms with Crippen LogP contribution in [0.1, 0.15) is 5.01 Å². The molecular formula is C24H15N7OS. The standard InChI is InChI=1S/C24H15N7OS/c1-13-28-12-20(33-13)22-21(15-4-5-17-14(9-15)3-2-6-26-17)29-18-10-16(19-11-25-7-8-27-19)24(32)31-23(18)30-22/h2-12H,1H3,(H,30,31,32). The lowest BCUT2D eigenvalue weighted by Crippen LogP contribution is -2.11. The van der Waals surface area contributed by atoms with E-state index in [0.717, 1.165) is 26.4 Å². The molecule has 6 aromatic rings. The van der Waals surface area contributed by atoms with Gasteiger partial charge in [0.15, 0.2) is 5.65 Å². The van der Waals surface area contributed by atoms with Gasteiger partial charge in [-0.3, -0.25) is 19.7 Å². The Balaban J connectivity index is 1.63. The van der Waals surface area contributed by atoms with Crippen LogP contribution in [-0.2, 0) is 0 Å². The highest BCUT2D eigenvalue weighted by Gasteiger charge is 2.18. The Morgan fingerprint density at radius 1 is 0.879 bits per heavy atom. The Kier molecular flexibility index (Phi) is 4.48. The highest BCUT2D eigenvalue weighted by Crippen LogP contribution is 2.34. The Bertz CT molecular complexity index is 1710. The van der Waals surface area contributed by atoms with Crippen molar-refractivity contribution in [2.24, 2.45) is 0 Å². The number of H-pyrrole nitrogens is 1. The number of rotatable bonds is 3. The highest BCUT2D eigenvalue weighted by atomic mass is 32.1. The van der Waals surface area contributed by atoms with Gasteiger partial charge in [0.25, 0.3) is 5.56 Å². The Hall–Kier alpha value is -4.37. The minimum Gasteiger partial charge on any atom is -0.305 e. The van der Waals surface area contributed by atoms with Crippen LogP contribution in [0.25, 0.3) is 55.2 Å². The summed E-state index contributed by atoms with van der Waals surface area (Å²) in [5, 5.41) is 1.93. The van der Waals surface area contributed by atoms with Crippen molar-refractivity contribution in [3.05, 3.63) is 82.7 Å². The molecule has 8 nitrogen and oxygen atoms in total. The van der Waals surface area contributed by atoms with Crippen LogP contribution in [0.4, 0.5) is 0 Å². The summed E-state index contributed by atoms with van der Waals surface area (Å²) in [6, 6.07) is 11.6. The van der Waals surface area contributed by atoms with Gasteiger partial charge in [-0.2, -0.15) is 0 Å². The summed E-state index contributed by atoms with van der Waals surface area (Å²) < 4.78 is 0. The van der Waals surface area contributed by atoms with Gasteiger partial charge >= 0.3 is 0 Å². The molecule has 0 saturated heterocycles. The number of aromatic amines is 1. The molecule has 0 saturated carbocycles. The zero-order valence-corrected chi connectivity index (χ0v) is 18.2. The fourth-order valence-electron chi connectivity index (χ4n) is 3.71. The van der Waals surface area contributed by atoms with Crippen LogP contribution in [0.5, 0.6) is 0 Å². The second-order valence-electron chi connectivity index (χ2n) is 7.41. The van der Waals surface area contributed by atoms with Crippen molar-refractivity contribution in [3.63, 3.8) is 0 Å². The second-order valence-corrected chi connectivity index (χ2v) is 8.65. The number of hydrogen-bond donors (Lipinski definition) is 1. The maximum Gasteiger partial charge on any atom is 0.259 e. The van der Waals surface area contributed by atoms with Crippen LogP contribution in [0.15, 0.2) is 72.2 Å². The Morgan fingerprint density at radius 3 is 2.64 bits per heavy atom. The summed E-state index contributed by atoms with van der Waals surface area (Å²) in [6.07, 6.45) is 8.22. The van der Waals surface area contributed by atoms with Gasteiger partial charge in [0.05, 0.1) is 38.5 Å². The fraction of sp³-hybridized carbons (Fsp3) is 0.0417. The van der Waals surface area contributed by atoms with E-state index < -0.39 is 0 Å². The molecule has 5 aromatic heterocycles. The smallest absolute Gasteiger partial charge is 0.259 e. The molecule has 33 heavy (non-hydrogen) atoms. The molecule has 0 atom stereocenters. The summed E-state index contributed by atoms with van der Waals surface area (Å²) in [4.78, 5) is 43.4. The molecule has 0 unspecified atom stereocenters. The number of pyridine rings is 2. The van der Waals surface area contributed by atoms with E-state index in [0.29, 0.717) is 33.8 Å². The first kappa shape index (κ1) is 19.3. The van der Waals surface area contributed by atoms with E-state index >= 15 is 0 Å². The van der Waals surface area contributed by atoms with Crippen LogP contribution < -0.4 is 5.56 Å². The van der Waals surface area contributed by atoms with Gasteiger partial charge in [-0.05, 0) is 31.2 Å². The summed E-state index contributed by atoms with van der Waals surface area (Å²) in [5.74, 6) is 0. The van der Waals surface area contributed by atoms with E-state index in [-0.39, 0.29) is 5.56 Å². The second kappa shape index (κ2) is 7.64. The number of benzene rings is 1. The van der Waals surface area contributed by atoms with Crippen LogP contribution >= 0.6 is 11.3 Å². The van der Waals surface area contributed by atoms with Crippen molar-refractivity contribution in [2.45, 2.75) is 6.92 Å². The predicted octanol–water partition coefficient (Wildman–Crippen LogP) is 4.42. The molecule has 1 N–H and O–H groups in total. The van der Waals surface area contributed by atoms with E-state index in [4.69, 9.17) is 9.97 Å². The number of thiazole rings is 1. The average Bonchev–Trinajstić information content (AvgIpc) is 3.29. The average molecular weight is 449 g/mol. The van der Waals surface area contributed by atoms with Gasteiger partial charge < -0.3 is 4.98 Å². The molecule has 0 aliphatic carbocycles. The molecule has 1 aromatic carbocycles. The van der Waals surface area contributed by atoms with Gasteiger partial charge in [0.2, 0.25) is 0 Å². The predicted molar refractivity (Wildman–Crippen MR) is 128 cm³/mol. The minimum absolute atomic E-state index is 0.298. The first-order chi connectivity index (χ1) is 16.2. The molecule has 0 fully saturated rings. The van der Waals surface area contributed by atoms with Crippen molar-refractivity contribution < 1.29 is 0 Å². The largest absolute Gasteiger partial charge is 0.305 e. The third-order valence-electron chi connectivity index (χ3n) is 5.25. The molecule has 158 valence electrons. The van der Waals surface area contributed by atoms with Gasteiger partial charge in [-0.15, -0.1) is 11.3 Å². The van der Waals surface area contributed by atoms with Gasteiger partial charge in [0, 0.05) is 35.7 Å². The van der Waals surface area contributed by atoms with E-state index in [1.165, 1.54) is 11.3 Å². The third kappa shape index (κ3) is 3.44. The molecule has 0 amide bonds. The zero-order valence-electron chi connectivity index (χ0n) is 17.4. The first-order valence-corrected chi connectivity index (χ1v) is 11.0. The Labute approximate surface area is 191 Å². The number of hydrogen-bond acceptors (Lipinski definition) is 8. The van der Waals surface area contributed by atoms with E-state index in [2.05, 4.69) is 24.9 Å². The molecule has 9 heteroatoms. The van der Waals surface area contributed by atoms with Crippen molar-refractivity contribution in [1.82, 2.24) is 34.9 Å². The number of aryl methyl sites for hydroxylation is 1. The first-order valence-electron chi connectivity index (χ1n) is 10.2. The molecule has 0 aliphatic heterocycles. The van der Waals surface area contributed by atoms with Gasteiger partial charge in [-0.1, -0.05) is 12.1 Å². The molecule has 5 heterocycles. The van der Waals surface area contributed by atoms with E-state index in [1.54, 1.807) is 37.1 Å². The maximum absolute atomic E-state index is 12.8. The quantitative estimate of drug-likeness (QED) is 0.426. The molecule has 6 rings (SSSR count). The topological polar surface area (TPSA) is 110 Å². The van der Waals surface area contributed by atoms with Crippen LogP contribution in [0.3, 0.4) is 0 Å². The fourth-order valence-corrected chi connectivity index (χ4v) is 4.48.